The molecular formula is C12H17F2N. The van der Waals surface area contributed by atoms with Crippen LogP contribution in [0.3, 0.4) is 0 Å². The van der Waals surface area contributed by atoms with Crippen LogP contribution in [0.1, 0.15) is 25.8 Å². The summed E-state index contributed by atoms with van der Waals surface area (Å²) in [4.78, 5) is 0. The van der Waals surface area contributed by atoms with Gasteiger partial charge in [-0.15, -0.1) is 0 Å². The molecule has 0 amide bonds. The van der Waals surface area contributed by atoms with E-state index in [0.717, 1.165) is 6.42 Å². The smallest absolute Gasteiger partial charge is 0.285 e. The average Bonchev–Trinajstić information content (AvgIpc) is 2.27. The van der Waals surface area contributed by atoms with E-state index in [4.69, 9.17) is 0 Å². The number of benzene rings is 1. The van der Waals surface area contributed by atoms with Gasteiger partial charge in [0.05, 0.1) is 6.54 Å². The lowest BCUT2D eigenvalue weighted by atomic mass is 10.1. The van der Waals surface area contributed by atoms with Gasteiger partial charge in [-0.25, -0.2) is 0 Å². The molecule has 1 rings (SSSR count). The highest BCUT2D eigenvalue weighted by Gasteiger charge is 2.30. The van der Waals surface area contributed by atoms with Crippen molar-refractivity contribution in [3.8, 4) is 0 Å². The van der Waals surface area contributed by atoms with Crippen molar-refractivity contribution < 1.29 is 8.78 Å². The standard InChI is InChI=1S/C12H17F2N/c1-3-10(2)15-9-12(13,14)11-7-5-4-6-8-11/h4-8,10,15H,3,9H2,1-2H3/t10-/m1/s1. The van der Waals surface area contributed by atoms with Crippen molar-refractivity contribution in [2.75, 3.05) is 6.54 Å². The number of rotatable bonds is 5. The van der Waals surface area contributed by atoms with E-state index in [2.05, 4.69) is 5.32 Å². The van der Waals surface area contributed by atoms with Crippen LogP contribution in [0.2, 0.25) is 0 Å². The Hall–Kier alpha value is -0.960. The van der Waals surface area contributed by atoms with Gasteiger partial charge in [-0.05, 0) is 13.3 Å². The lowest BCUT2D eigenvalue weighted by Crippen LogP contribution is -2.36. The largest absolute Gasteiger partial charge is 0.308 e. The van der Waals surface area contributed by atoms with E-state index in [1.165, 1.54) is 12.1 Å². The van der Waals surface area contributed by atoms with Gasteiger partial charge in [-0.2, -0.15) is 8.78 Å². The molecule has 0 bridgehead atoms. The lowest BCUT2D eigenvalue weighted by Gasteiger charge is -2.20. The van der Waals surface area contributed by atoms with Crippen LogP contribution < -0.4 is 5.32 Å². The molecule has 0 spiro atoms. The van der Waals surface area contributed by atoms with Crippen molar-refractivity contribution in [2.45, 2.75) is 32.2 Å². The van der Waals surface area contributed by atoms with Gasteiger partial charge >= 0.3 is 0 Å². The van der Waals surface area contributed by atoms with E-state index < -0.39 is 5.92 Å². The highest BCUT2D eigenvalue weighted by molar-refractivity contribution is 5.20. The zero-order valence-corrected chi connectivity index (χ0v) is 9.13. The third kappa shape index (κ3) is 3.59. The summed E-state index contributed by atoms with van der Waals surface area (Å²) in [5.74, 6) is -2.79. The Morgan fingerprint density at radius 2 is 1.87 bits per heavy atom. The number of hydrogen-bond acceptors (Lipinski definition) is 1. The minimum absolute atomic E-state index is 0.0702. The number of halogens is 2. The first-order valence-corrected chi connectivity index (χ1v) is 5.23. The molecule has 84 valence electrons. The summed E-state index contributed by atoms with van der Waals surface area (Å²) in [6, 6.07) is 8.04. The molecule has 0 aromatic heterocycles. The first-order chi connectivity index (χ1) is 7.06. The second kappa shape index (κ2) is 5.21. The van der Waals surface area contributed by atoms with Crippen LogP contribution in [0, 0.1) is 0 Å². The summed E-state index contributed by atoms with van der Waals surface area (Å²) in [5.41, 5.74) is 0.0702. The summed E-state index contributed by atoms with van der Waals surface area (Å²) in [5, 5.41) is 2.82. The van der Waals surface area contributed by atoms with Crippen LogP contribution in [-0.4, -0.2) is 12.6 Å². The van der Waals surface area contributed by atoms with Gasteiger partial charge < -0.3 is 5.32 Å². The van der Waals surface area contributed by atoms with Crippen LogP contribution in [0.15, 0.2) is 30.3 Å². The fourth-order valence-electron chi connectivity index (χ4n) is 1.23. The fraction of sp³-hybridized carbons (Fsp3) is 0.500. The van der Waals surface area contributed by atoms with Gasteiger partial charge in [0.25, 0.3) is 5.92 Å². The maximum atomic E-state index is 13.6. The van der Waals surface area contributed by atoms with Crippen molar-refractivity contribution in [3.05, 3.63) is 35.9 Å². The Labute approximate surface area is 89.5 Å². The van der Waals surface area contributed by atoms with Crippen molar-refractivity contribution in [1.29, 1.82) is 0 Å². The van der Waals surface area contributed by atoms with Crippen LogP contribution >= 0.6 is 0 Å². The van der Waals surface area contributed by atoms with Gasteiger partial charge in [-0.3, -0.25) is 0 Å². The van der Waals surface area contributed by atoms with Crippen molar-refractivity contribution >= 4 is 0 Å². The van der Waals surface area contributed by atoms with E-state index in [1.807, 2.05) is 13.8 Å². The molecule has 0 saturated carbocycles. The Morgan fingerprint density at radius 1 is 1.27 bits per heavy atom. The summed E-state index contributed by atoms with van der Waals surface area (Å²) < 4.78 is 27.2. The Kier molecular flexibility index (Phi) is 4.21. The fourth-order valence-corrected chi connectivity index (χ4v) is 1.23. The van der Waals surface area contributed by atoms with Crippen LogP contribution in [-0.2, 0) is 5.92 Å². The Balaban J connectivity index is 2.59. The van der Waals surface area contributed by atoms with E-state index in [0.29, 0.717) is 0 Å². The molecule has 0 saturated heterocycles. The maximum Gasteiger partial charge on any atom is 0.285 e. The minimum atomic E-state index is -2.79. The molecule has 0 radical (unpaired) electrons. The molecule has 1 N–H and O–H groups in total. The molecule has 0 aliphatic rings. The molecule has 1 aromatic carbocycles. The molecule has 0 aliphatic carbocycles. The van der Waals surface area contributed by atoms with Crippen LogP contribution in [0.25, 0.3) is 0 Å². The van der Waals surface area contributed by atoms with Gasteiger partial charge in [0.2, 0.25) is 0 Å². The molecule has 1 nitrogen and oxygen atoms in total. The van der Waals surface area contributed by atoms with Crippen LogP contribution in [0.4, 0.5) is 8.78 Å². The van der Waals surface area contributed by atoms with E-state index >= 15 is 0 Å². The third-order valence-electron chi connectivity index (χ3n) is 2.48. The summed E-state index contributed by atoms with van der Waals surface area (Å²) in [6.45, 7) is 3.57. The SMILES string of the molecule is CC[C@@H](C)NCC(F)(F)c1ccccc1. The highest BCUT2D eigenvalue weighted by atomic mass is 19.3. The summed E-state index contributed by atoms with van der Waals surface area (Å²) in [7, 11) is 0. The molecule has 3 heteroatoms. The molecule has 0 heterocycles. The predicted octanol–water partition coefficient (Wildman–Crippen LogP) is 3.17. The molecular weight excluding hydrogens is 196 g/mol. The number of nitrogens with one attached hydrogen (secondary N) is 1. The Bertz CT molecular complexity index is 285. The highest BCUT2D eigenvalue weighted by Crippen LogP contribution is 2.26. The van der Waals surface area contributed by atoms with Crippen molar-refractivity contribution in [1.82, 2.24) is 5.32 Å². The zero-order chi connectivity index (χ0) is 11.3. The molecule has 0 unspecified atom stereocenters. The van der Waals surface area contributed by atoms with Crippen LogP contribution in [0.5, 0.6) is 0 Å². The molecule has 1 aromatic rings. The third-order valence-corrected chi connectivity index (χ3v) is 2.48. The monoisotopic (exact) mass is 213 g/mol. The molecule has 15 heavy (non-hydrogen) atoms. The summed E-state index contributed by atoms with van der Waals surface area (Å²) >= 11 is 0. The predicted molar refractivity (Wildman–Crippen MR) is 58.1 cm³/mol. The second-order valence-electron chi connectivity index (χ2n) is 3.76. The van der Waals surface area contributed by atoms with E-state index in [-0.39, 0.29) is 18.2 Å². The van der Waals surface area contributed by atoms with E-state index in [9.17, 15) is 8.78 Å². The Morgan fingerprint density at radius 3 is 2.40 bits per heavy atom. The quantitative estimate of drug-likeness (QED) is 0.792. The number of alkyl halides is 2. The topological polar surface area (TPSA) is 12.0 Å². The van der Waals surface area contributed by atoms with Gasteiger partial charge in [0.1, 0.15) is 0 Å². The van der Waals surface area contributed by atoms with E-state index in [1.54, 1.807) is 18.2 Å². The average molecular weight is 213 g/mol. The summed E-state index contributed by atoms with van der Waals surface area (Å²) in [6.07, 6.45) is 0.852. The van der Waals surface area contributed by atoms with Gasteiger partial charge in [0, 0.05) is 11.6 Å². The molecule has 0 aliphatic heterocycles. The first kappa shape index (κ1) is 12.1. The number of hydrogen-bond donors (Lipinski definition) is 1. The molecule has 0 fully saturated rings. The first-order valence-electron chi connectivity index (χ1n) is 5.23. The lowest BCUT2D eigenvalue weighted by molar-refractivity contribution is -0.00535. The molecule has 1 atom stereocenters. The van der Waals surface area contributed by atoms with Gasteiger partial charge in [-0.1, -0.05) is 37.3 Å². The van der Waals surface area contributed by atoms with Gasteiger partial charge in [0.15, 0.2) is 0 Å². The van der Waals surface area contributed by atoms with Crippen molar-refractivity contribution in [3.63, 3.8) is 0 Å². The minimum Gasteiger partial charge on any atom is -0.308 e. The van der Waals surface area contributed by atoms with Crippen molar-refractivity contribution in [2.24, 2.45) is 0 Å². The normalized spacial score (nSPS) is 13.9. The second-order valence-corrected chi connectivity index (χ2v) is 3.76. The zero-order valence-electron chi connectivity index (χ0n) is 9.13. The maximum absolute atomic E-state index is 13.6.